The van der Waals surface area contributed by atoms with Crippen molar-refractivity contribution in [3.8, 4) is 0 Å². The molecular weight excluding hydrogens is 1280 g/mol. The van der Waals surface area contributed by atoms with Crippen molar-refractivity contribution in [3.05, 3.63) is 24.3 Å². The minimum atomic E-state index is -4.97. The normalized spacial score (nSPS) is 14.2. The van der Waals surface area contributed by atoms with E-state index in [4.69, 9.17) is 37.0 Å². The van der Waals surface area contributed by atoms with E-state index in [0.29, 0.717) is 31.6 Å². The van der Waals surface area contributed by atoms with Crippen LogP contribution in [0.25, 0.3) is 0 Å². The Balaban J connectivity index is 5.26. The number of hydrogen-bond acceptors (Lipinski definition) is 15. The van der Waals surface area contributed by atoms with Gasteiger partial charge in [0.25, 0.3) is 0 Å². The van der Waals surface area contributed by atoms with Gasteiger partial charge in [0.1, 0.15) is 19.3 Å². The first-order valence-corrected chi connectivity index (χ1v) is 43.2. The zero-order valence-corrected chi connectivity index (χ0v) is 65.5. The topological polar surface area (TPSA) is 237 Å². The molecule has 578 valence electrons. The highest BCUT2D eigenvalue weighted by atomic mass is 31.2. The van der Waals surface area contributed by atoms with Gasteiger partial charge in [-0.2, -0.15) is 0 Å². The van der Waals surface area contributed by atoms with Crippen molar-refractivity contribution in [3.63, 3.8) is 0 Å². The first-order valence-electron chi connectivity index (χ1n) is 40.2. The monoisotopic (exact) mass is 1430 g/mol. The van der Waals surface area contributed by atoms with Crippen LogP contribution in [-0.2, 0) is 65.4 Å². The second-order valence-electron chi connectivity index (χ2n) is 29.2. The van der Waals surface area contributed by atoms with Gasteiger partial charge < -0.3 is 33.8 Å². The van der Waals surface area contributed by atoms with E-state index in [0.717, 1.165) is 121 Å². The Morgan fingerprint density at radius 3 is 0.827 bits per heavy atom. The van der Waals surface area contributed by atoms with Gasteiger partial charge in [0, 0.05) is 25.7 Å². The first kappa shape index (κ1) is 95.5. The van der Waals surface area contributed by atoms with Gasteiger partial charge in [0.05, 0.1) is 26.4 Å². The summed E-state index contributed by atoms with van der Waals surface area (Å²) >= 11 is 0. The van der Waals surface area contributed by atoms with E-state index < -0.39 is 97.5 Å². The van der Waals surface area contributed by atoms with Gasteiger partial charge in [-0.1, -0.05) is 330 Å². The Hall–Kier alpha value is -2.46. The third-order valence-corrected chi connectivity index (χ3v) is 19.7. The molecule has 5 atom stereocenters. The number of carbonyl (C=O) groups is 4. The molecule has 0 bridgehead atoms. The summed E-state index contributed by atoms with van der Waals surface area (Å²) in [6, 6.07) is 0. The zero-order chi connectivity index (χ0) is 72.3. The summed E-state index contributed by atoms with van der Waals surface area (Å²) in [6.45, 7) is 11.8. The van der Waals surface area contributed by atoms with E-state index >= 15 is 0 Å². The second kappa shape index (κ2) is 68.9. The SMILES string of the molecule is CCCCCC/C=C\C=C/CCCCCCCC(=O)O[C@H](COC(=O)CCCCCCCCCCCCCCCCCCC(C)C)COP(=O)(O)OCC(O)COP(=O)(O)OC[C@@H](COC(=O)CCCCCCCCCC(C)C)OC(=O)CCCCCCCCCCCCCC(C)C. The molecule has 0 aromatic carbocycles. The molecule has 0 aliphatic carbocycles. The van der Waals surface area contributed by atoms with E-state index in [-0.39, 0.29) is 25.7 Å². The standard InChI is InChI=1S/C79H150O17P2/c1-8-9-10-11-12-13-14-15-18-23-28-33-40-48-55-62-78(83)95-74(66-89-76(81)60-53-46-39-32-27-22-20-17-16-19-21-25-30-36-43-50-57-70(2)3)68-93-97(85,86)91-64-73(80)65-92-98(87,88)94-69-75(67-90-77(82)61-54-47-42-35-38-45-52-59-72(6)7)96-79(84)63-56-49-41-34-29-24-26-31-37-44-51-58-71(4)5/h13-15,18,70-75,80H,8-12,16-17,19-69H2,1-7H3,(H,85,86)(H,87,88)/b14-13-,18-15-/t73?,74-,75-/m1/s1. The lowest BCUT2D eigenvalue weighted by Gasteiger charge is -2.21. The molecule has 0 heterocycles. The number of aliphatic hydroxyl groups is 1. The van der Waals surface area contributed by atoms with Crippen LogP contribution in [0.5, 0.6) is 0 Å². The lowest BCUT2D eigenvalue weighted by molar-refractivity contribution is -0.161. The number of carbonyl (C=O) groups excluding carboxylic acids is 4. The third kappa shape index (κ3) is 71.9. The van der Waals surface area contributed by atoms with Crippen LogP contribution in [0.15, 0.2) is 24.3 Å². The highest BCUT2D eigenvalue weighted by molar-refractivity contribution is 7.47. The van der Waals surface area contributed by atoms with Crippen LogP contribution in [0, 0.1) is 17.8 Å². The number of ether oxygens (including phenoxy) is 4. The van der Waals surface area contributed by atoms with Crippen molar-refractivity contribution in [1.29, 1.82) is 0 Å². The molecule has 0 aliphatic heterocycles. The van der Waals surface area contributed by atoms with Gasteiger partial charge >= 0.3 is 39.5 Å². The summed E-state index contributed by atoms with van der Waals surface area (Å²) < 4.78 is 68.6. The van der Waals surface area contributed by atoms with Gasteiger partial charge in [-0.15, -0.1) is 0 Å². The van der Waals surface area contributed by atoms with E-state index in [1.807, 2.05) is 0 Å². The Kier molecular flexibility index (Phi) is 67.2. The van der Waals surface area contributed by atoms with E-state index in [1.54, 1.807) is 0 Å². The van der Waals surface area contributed by atoms with E-state index in [2.05, 4.69) is 72.8 Å². The molecule has 17 nitrogen and oxygen atoms in total. The molecule has 0 saturated heterocycles. The number of allylic oxidation sites excluding steroid dienone is 4. The van der Waals surface area contributed by atoms with Crippen molar-refractivity contribution in [1.82, 2.24) is 0 Å². The smallest absolute Gasteiger partial charge is 0.462 e. The number of hydrogen-bond donors (Lipinski definition) is 3. The predicted octanol–water partition coefficient (Wildman–Crippen LogP) is 22.9. The molecule has 0 aromatic rings. The summed E-state index contributed by atoms with van der Waals surface area (Å²) in [4.78, 5) is 72.9. The molecule has 0 aromatic heterocycles. The van der Waals surface area contributed by atoms with Crippen LogP contribution in [0.1, 0.15) is 382 Å². The van der Waals surface area contributed by atoms with Gasteiger partial charge in [0.15, 0.2) is 12.2 Å². The van der Waals surface area contributed by atoms with E-state index in [1.165, 1.54) is 173 Å². The Morgan fingerprint density at radius 1 is 0.316 bits per heavy atom. The lowest BCUT2D eigenvalue weighted by atomic mass is 10.0. The average molecular weight is 1430 g/mol. The summed E-state index contributed by atoms with van der Waals surface area (Å²) in [5, 5.41) is 10.6. The van der Waals surface area contributed by atoms with Crippen molar-refractivity contribution < 1.29 is 80.2 Å². The number of unbranched alkanes of at least 4 members (excludes halogenated alkanes) is 40. The summed E-state index contributed by atoms with van der Waals surface area (Å²) in [7, 11) is -9.93. The quantitative estimate of drug-likeness (QED) is 0.0169. The van der Waals surface area contributed by atoms with Gasteiger partial charge in [-0.05, 0) is 69.1 Å². The number of phosphoric ester groups is 2. The van der Waals surface area contributed by atoms with Crippen LogP contribution in [-0.4, -0.2) is 96.7 Å². The zero-order valence-electron chi connectivity index (χ0n) is 63.7. The molecule has 0 aliphatic rings. The predicted molar refractivity (Wildman–Crippen MR) is 400 cm³/mol. The molecule has 0 spiro atoms. The number of rotatable bonds is 75. The Labute approximate surface area is 599 Å². The molecule has 19 heteroatoms. The number of aliphatic hydroxyl groups excluding tert-OH is 1. The van der Waals surface area contributed by atoms with Crippen molar-refractivity contribution in [2.75, 3.05) is 39.6 Å². The molecule has 3 unspecified atom stereocenters. The molecule has 0 rings (SSSR count). The van der Waals surface area contributed by atoms with Crippen LogP contribution in [0.3, 0.4) is 0 Å². The maximum Gasteiger partial charge on any atom is 0.472 e. The van der Waals surface area contributed by atoms with Crippen molar-refractivity contribution in [2.24, 2.45) is 17.8 Å². The van der Waals surface area contributed by atoms with Crippen LogP contribution < -0.4 is 0 Å². The highest BCUT2D eigenvalue weighted by Gasteiger charge is 2.30. The lowest BCUT2D eigenvalue weighted by Crippen LogP contribution is -2.30. The van der Waals surface area contributed by atoms with Gasteiger partial charge in [-0.25, -0.2) is 9.13 Å². The summed E-state index contributed by atoms with van der Waals surface area (Å²) in [5.74, 6) is 0.132. The summed E-state index contributed by atoms with van der Waals surface area (Å²) in [5.41, 5.74) is 0. The molecule has 0 fully saturated rings. The minimum Gasteiger partial charge on any atom is -0.462 e. The van der Waals surface area contributed by atoms with Gasteiger partial charge in [0.2, 0.25) is 0 Å². The van der Waals surface area contributed by atoms with Crippen LogP contribution in [0.2, 0.25) is 0 Å². The van der Waals surface area contributed by atoms with Crippen LogP contribution in [0.4, 0.5) is 0 Å². The highest BCUT2D eigenvalue weighted by Crippen LogP contribution is 2.45. The molecule has 3 N–H and O–H groups in total. The fraction of sp³-hybridized carbons (Fsp3) is 0.899. The Morgan fingerprint density at radius 2 is 0.551 bits per heavy atom. The van der Waals surface area contributed by atoms with Gasteiger partial charge in [-0.3, -0.25) is 37.3 Å². The van der Waals surface area contributed by atoms with Crippen molar-refractivity contribution >= 4 is 39.5 Å². The largest absolute Gasteiger partial charge is 0.472 e. The maximum absolute atomic E-state index is 13.1. The summed E-state index contributed by atoms with van der Waals surface area (Å²) in [6.07, 6.45) is 59.2. The Bertz CT molecular complexity index is 2000. The second-order valence-corrected chi connectivity index (χ2v) is 32.1. The molecule has 0 amide bonds. The van der Waals surface area contributed by atoms with Crippen LogP contribution >= 0.6 is 15.6 Å². The molecule has 0 radical (unpaired) electrons. The fourth-order valence-corrected chi connectivity index (χ4v) is 13.2. The number of phosphoric acid groups is 2. The first-order chi connectivity index (χ1) is 47.2. The molecular formula is C79H150O17P2. The molecule has 98 heavy (non-hydrogen) atoms. The fourth-order valence-electron chi connectivity index (χ4n) is 11.6. The van der Waals surface area contributed by atoms with Crippen molar-refractivity contribution in [2.45, 2.75) is 401 Å². The number of esters is 4. The molecule has 0 saturated carbocycles. The maximum atomic E-state index is 13.1. The average Bonchev–Trinajstić information content (AvgIpc) is 0.962. The third-order valence-electron chi connectivity index (χ3n) is 17.8. The van der Waals surface area contributed by atoms with E-state index in [9.17, 15) is 43.2 Å². The minimum absolute atomic E-state index is 0.0851.